The number of thiophene rings is 1. The highest BCUT2D eigenvalue weighted by Gasteiger charge is 2.34. The molecule has 0 bridgehead atoms. The topological polar surface area (TPSA) is 38.8 Å². The summed E-state index contributed by atoms with van der Waals surface area (Å²) in [5.41, 5.74) is 0.673. The van der Waals surface area contributed by atoms with E-state index < -0.39 is 0 Å². The largest absolute Gasteiger partial charge is 0.493 e. The van der Waals surface area contributed by atoms with Crippen molar-refractivity contribution in [3.05, 3.63) is 43.7 Å². The monoisotopic (exact) mass is 443 g/mol. The molecule has 1 saturated carbocycles. The fourth-order valence-electron chi connectivity index (χ4n) is 2.50. The van der Waals surface area contributed by atoms with Crippen molar-refractivity contribution in [1.29, 1.82) is 0 Å². The Morgan fingerprint density at radius 2 is 2.00 bits per heavy atom. The van der Waals surface area contributed by atoms with Crippen LogP contribution in [-0.4, -0.2) is 31.1 Å². The van der Waals surface area contributed by atoms with Gasteiger partial charge in [0.2, 0.25) is 0 Å². The summed E-state index contributed by atoms with van der Waals surface area (Å²) in [6.45, 7) is 0.672. The Morgan fingerprint density at radius 1 is 1.30 bits per heavy atom. The van der Waals surface area contributed by atoms with Gasteiger partial charge in [-0.1, -0.05) is 6.07 Å². The van der Waals surface area contributed by atoms with Crippen molar-refractivity contribution in [1.82, 2.24) is 4.90 Å². The summed E-state index contributed by atoms with van der Waals surface area (Å²) in [4.78, 5) is 16.3. The summed E-state index contributed by atoms with van der Waals surface area (Å²) in [5.74, 6) is 1.29. The van der Waals surface area contributed by atoms with Crippen molar-refractivity contribution in [2.24, 2.45) is 0 Å². The van der Waals surface area contributed by atoms with Crippen LogP contribution in [0.15, 0.2) is 29.6 Å². The van der Waals surface area contributed by atoms with Gasteiger partial charge in [0.25, 0.3) is 5.91 Å². The zero-order chi connectivity index (χ0) is 16.4. The molecule has 1 aromatic carbocycles. The van der Waals surface area contributed by atoms with Gasteiger partial charge in [0.15, 0.2) is 11.5 Å². The van der Waals surface area contributed by atoms with Gasteiger partial charge in [-0.15, -0.1) is 11.3 Å². The fraction of sp³-hybridized carbons (Fsp3) is 0.353. The molecule has 0 aliphatic heterocycles. The van der Waals surface area contributed by atoms with Gasteiger partial charge < -0.3 is 14.4 Å². The van der Waals surface area contributed by atoms with Crippen LogP contribution in [0.2, 0.25) is 0 Å². The molecule has 0 unspecified atom stereocenters. The smallest absolute Gasteiger partial charge is 0.255 e. The highest BCUT2D eigenvalue weighted by atomic mass is 127. The quantitative estimate of drug-likeness (QED) is 0.630. The second kappa shape index (κ2) is 7.09. The lowest BCUT2D eigenvalue weighted by Crippen LogP contribution is -2.32. The van der Waals surface area contributed by atoms with E-state index in [-0.39, 0.29) is 5.91 Å². The Morgan fingerprint density at radius 3 is 2.57 bits per heavy atom. The maximum atomic E-state index is 13.1. The van der Waals surface area contributed by atoms with E-state index in [2.05, 4.69) is 28.7 Å². The average Bonchev–Trinajstić information content (AvgIpc) is 3.27. The Balaban J connectivity index is 1.90. The zero-order valence-corrected chi connectivity index (χ0v) is 16.0. The molecule has 1 aliphatic carbocycles. The lowest BCUT2D eigenvalue weighted by atomic mass is 10.1. The summed E-state index contributed by atoms with van der Waals surface area (Å²) >= 11 is 3.87. The summed E-state index contributed by atoms with van der Waals surface area (Å²) in [6.07, 6.45) is 2.17. The summed E-state index contributed by atoms with van der Waals surface area (Å²) < 4.78 is 11.5. The molecule has 0 atom stereocenters. The van der Waals surface area contributed by atoms with E-state index in [9.17, 15) is 4.79 Å². The van der Waals surface area contributed by atoms with E-state index in [1.807, 2.05) is 22.4 Å². The molecule has 0 radical (unpaired) electrons. The average molecular weight is 443 g/mol. The number of halogens is 1. The van der Waals surface area contributed by atoms with Gasteiger partial charge in [-0.25, -0.2) is 0 Å². The van der Waals surface area contributed by atoms with Crippen molar-refractivity contribution in [2.45, 2.75) is 25.4 Å². The number of amides is 1. The van der Waals surface area contributed by atoms with Crippen LogP contribution in [-0.2, 0) is 6.54 Å². The molecule has 4 nitrogen and oxygen atoms in total. The molecule has 0 N–H and O–H groups in total. The molecule has 1 fully saturated rings. The SMILES string of the molecule is COc1cc(I)c(C(=O)N(Cc2cccs2)C2CC2)cc1OC. The van der Waals surface area contributed by atoms with Crippen LogP contribution < -0.4 is 9.47 Å². The highest BCUT2D eigenvalue weighted by Crippen LogP contribution is 2.35. The standard InChI is InChI=1S/C17H18INO3S/c1-21-15-8-13(14(18)9-16(15)22-2)17(20)19(11-5-6-11)10-12-4-3-7-23-12/h3-4,7-9,11H,5-6,10H2,1-2H3. The van der Waals surface area contributed by atoms with E-state index in [4.69, 9.17) is 9.47 Å². The Bertz CT molecular complexity index is 698. The third-order valence-corrected chi connectivity index (χ3v) is 5.61. The molecule has 0 spiro atoms. The molecule has 6 heteroatoms. The van der Waals surface area contributed by atoms with Gasteiger partial charge in [-0.05, 0) is 59.0 Å². The third-order valence-electron chi connectivity index (χ3n) is 3.86. The number of benzene rings is 1. The van der Waals surface area contributed by atoms with E-state index >= 15 is 0 Å². The predicted octanol–water partition coefficient (Wildman–Crippen LogP) is 4.17. The lowest BCUT2D eigenvalue weighted by Gasteiger charge is -2.23. The van der Waals surface area contributed by atoms with Crippen LogP contribution in [0.5, 0.6) is 11.5 Å². The number of ether oxygens (including phenoxy) is 2. The van der Waals surface area contributed by atoms with Gasteiger partial charge in [0.1, 0.15) is 0 Å². The number of hydrogen-bond donors (Lipinski definition) is 0. The molecule has 1 aliphatic rings. The molecule has 1 heterocycles. The summed E-state index contributed by atoms with van der Waals surface area (Å²) in [6, 6.07) is 8.09. The van der Waals surface area contributed by atoms with Crippen LogP contribution in [0.1, 0.15) is 28.1 Å². The Labute approximate surface area is 153 Å². The van der Waals surface area contributed by atoms with Gasteiger partial charge in [0, 0.05) is 14.5 Å². The summed E-state index contributed by atoms with van der Waals surface area (Å²) in [5, 5.41) is 2.05. The van der Waals surface area contributed by atoms with Crippen LogP contribution in [0.25, 0.3) is 0 Å². The molecule has 1 amide bonds. The molecular formula is C17H18INO3S. The number of methoxy groups -OCH3 is 2. The minimum atomic E-state index is 0.0613. The van der Waals surface area contributed by atoms with E-state index in [0.29, 0.717) is 29.6 Å². The maximum absolute atomic E-state index is 13.1. The number of carbonyl (C=O) groups is 1. The normalized spacial score (nSPS) is 13.7. The van der Waals surface area contributed by atoms with Crippen molar-refractivity contribution >= 4 is 39.8 Å². The molecule has 1 aromatic heterocycles. The zero-order valence-electron chi connectivity index (χ0n) is 13.0. The van der Waals surface area contributed by atoms with E-state index in [1.165, 1.54) is 4.88 Å². The number of hydrogen-bond acceptors (Lipinski definition) is 4. The van der Waals surface area contributed by atoms with Crippen LogP contribution in [0, 0.1) is 3.57 Å². The van der Waals surface area contributed by atoms with Gasteiger partial charge in [-0.3, -0.25) is 4.79 Å². The van der Waals surface area contributed by atoms with E-state index in [1.54, 1.807) is 31.6 Å². The number of carbonyl (C=O) groups excluding carboxylic acids is 1. The van der Waals surface area contributed by atoms with Gasteiger partial charge in [-0.2, -0.15) is 0 Å². The minimum absolute atomic E-state index is 0.0613. The fourth-order valence-corrected chi connectivity index (χ4v) is 3.87. The Hall–Kier alpha value is -1.28. The lowest BCUT2D eigenvalue weighted by molar-refractivity contribution is 0.0730. The Kier molecular flexibility index (Phi) is 5.11. The number of nitrogens with zero attached hydrogens (tertiary/aromatic N) is 1. The molecule has 0 saturated heterocycles. The van der Waals surface area contributed by atoms with Crippen LogP contribution in [0.3, 0.4) is 0 Å². The molecule has 3 rings (SSSR count). The van der Waals surface area contributed by atoms with Crippen molar-refractivity contribution in [2.75, 3.05) is 14.2 Å². The highest BCUT2D eigenvalue weighted by molar-refractivity contribution is 14.1. The third kappa shape index (κ3) is 3.63. The second-order valence-corrected chi connectivity index (χ2v) is 7.63. The molecular weight excluding hydrogens is 425 g/mol. The van der Waals surface area contributed by atoms with Crippen molar-refractivity contribution in [3.8, 4) is 11.5 Å². The predicted molar refractivity (Wildman–Crippen MR) is 99.5 cm³/mol. The second-order valence-electron chi connectivity index (χ2n) is 5.43. The van der Waals surface area contributed by atoms with E-state index in [0.717, 1.165) is 16.4 Å². The minimum Gasteiger partial charge on any atom is -0.493 e. The molecule has 2 aromatic rings. The summed E-state index contributed by atoms with van der Waals surface area (Å²) in [7, 11) is 3.19. The van der Waals surface area contributed by atoms with Crippen LogP contribution in [0.4, 0.5) is 0 Å². The molecule has 122 valence electrons. The van der Waals surface area contributed by atoms with Gasteiger partial charge >= 0.3 is 0 Å². The van der Waals surface area contributed by atoms with Crippen molar-refractivity contribution in [3.63, 3.8) is 0 Å². The first-order valence-corrected chi connectivity index (χ1v) is 9.34. The first-order chi connectivity index (χ1) is 11.1. The maximum Gasteiger partial charge on any atom is 0.255 e. The van der Waals surface area contributed by atoms with Gasteiger partial charge in [0.05, 0.1) is 26.3 Å². The van der Waals surface area contributed by atoms with Crippen molar-refractivity contribution < 1.29 is 14.3 Å². The number of rotatable bonds is 6. The first kappa shape index (κ1) is 16.6. The molecule has 23 heavy (non-hydrogen) atoms. The van der Waals surface area contributed by atoms with Crippen LogP contribution >= 0.6 is 33.9 Å². The first-order valence-electron chi connectivity index (χ1n) is 7.39.